The number of rotatable bonds is 14. The molecule has 2 aromatic rings. The maximum atomic E-state index is 13.8. The highest BCUT2D eigenvalue weighted by molar-refractivity contribution is 7.89. The number of unbranched alkanes of at least 4 members (excludes halogenated alkanes) is 1. The van der Waals surface area contributed by atoms with Crippen LogP contribution in [0.25, 0.3) is 0 Å². The van der Waals surface area contributed by atoms with E-state index in [0.717, 1.165) is 5.56 Å². The number of anilines is 1. The Morgan fingerprint density at radius 1 is 1.19 bits per heavy atom. The van der Waals surface area contributed by atoms with Crippen LogP contribution in [0.2, 0.25) is 0 Å². The largest absolute Gasteiger partial charge is 0.453 e. The Balaban J connectivity index is 2.40. The second-order valence-corrected chi connectivity index (χ2v) is 11.7. The molecule has 9 nitrogen and oxygen atoms in total. The highest BCUT2D eigenvalue weighted by Crippen LogP contribution is 2.29. The summed E-state index contributed by atoms with van der Waals surface area (Å²) in [6.07, 6.45) is -0.00999. The van der Waals surface area contributed by atoms with Crippen LogP contribution in [0, 0.1) is 16.7 Å². The lowest BCUT2D eigenvalue weighted by atomic mass is 9.87. The van der Waals surface area contributed by atoms with Crippen LogP contribution >= 0.6 is 0 Å². The number of benzene rings is 2. The van der Waals surface area contributed by atoms with Gasteiger partial charge in [-0.25, -0.2) is 13.2 Å². The summed E-state index contributed by atoms with van der Waals surface area (Å²) in [6, 6.07) is 17.1. The molecule has 1 amide bonds. The number of methoxy groups -OCH3 is 1. The molecule has 0 aliphatic rings. The summed E-state index contributed by atoms with van der Waals surface area (Å²) in [4.78, 5) is 12.2. The molecule has 0 heterocycles. The minimum Gasteiger partial charge on any atom is -0.453 e. The second-order valence-electron chi connectivity index (χ2n) is 9.75. The smallest absolute Gasteiger partial charge is 0.407 e. The maximum absolute atomic E-state index is 13.8. The van der Waals surface area contributed by atoms with Gasteiger partial charge in [0.1, 0.15) is 0 Å². The van der Waals surface area contributed by atoms with Gasteiger partial charge in [-0.15, -0.1) is 0 Å². The van der Waals surface area contributed by atoms with Gasteiger partial charge < -0.3 is 20.5 Å². The summed E-state index contributed by atoms with van der Waals surface area (Å²) in [6.45, 7) is 3.77. The van der Waals surface area contributed by atoms with Crippen molar-refractivity contribution in [1.29, 1.82) is 5.26 Å². The molecule has 0 radical (unpaired) electrons. The molecule has 37 heavy (non-hydrogen) atoms. The van der Waals surface area contributed by atoms with Crippen molar-refractivity contribution in [3.63, 3.8) is 0 Å². The van der Waals surface area contributed by atoms with Crippen molar-refractivity contribution in [2.75, 3.05) is 32.6 Å². The SMILES string of the molecule is CNc1cccc(S(=O)(=O)N(CC(O)[C@H](Cc2ccccc2)NC(=O)OC)CC(C)(C)CCCC#N)c1. The zero-order valence-corrected chi connectivity index (χ0v) is 22.8. The zero-order chi connectivity index (χ0) is 27.5. The van der Waals surface area contributed by atoms with E-state index in [1.165, 1.54) is 17.5 Å². The maximum Gasteiger partial charge on any atom is 0.407 e. The average molecular weight is 531 g/mol. The van der Waals surface area contributed by atoms with Crippen LogP contribution in [0.1, 0.15) is 38.7 Å². The molecule has 0 spiro atoms. The standard InChI is InChI=1S/C27H38N4O5S/c1-27(2,15-8-9-16-28)20-31(37(34,35)23-14-10-13-22(18-23)29-3)19-25(32)24(30-26(33)36-4)17-21-11-6-5-7-12-21/h5-7,10-14,18,24-25,29,32H,8-9,15,17,19-20H2,1-4H3,(H,30,33)/t24-,25?/m0/s1. The first-order valence-electron chi connectivity index (χ1n) is 12.2. The van der Waals surface area contributed by atoms with E-state index in [4.69, 9.17) is 10.00 Å². The van der Waals surface area contributed by atoms with Crippen LogP contribution in [-0.4, -0.2) is 63.3 Å². The van der Waals surface area contributed by atoms with Gasteiger partial charge in [0.15, 0.2) is 0 Å². The van der Waals surface area contributed by atoms with Gasteiger partial charge in [-0.2, -0.15) is 9.57 Å². The zero-order valence-electron chi connectivity index (χ0n) is 22.0. The Hall–Kier alpha value is -3.13. The first-order chi connectivity index (χ1) is 17.5. The number of ether oxygens (including phenoxy) is 1. The van der Waals surface area contributed by atoms with Crippen LogP contribution in [0.5, 0.6) is 0 Å². The minimum absolute atomic E-state index is 0.0971. The molecule has 0 saturated carbocycles. The van der Waals surface area contributed by atoms with Crippen molar-refractivity contribution in [3.8, 4) is 6.07 Å². The van der Waals surface area contributed by atoms with Crippen LogP contribution in [0.15, 0.2) is 59.5 Å². The van der Waals surface area contributed by atoms with Gasteiger partial charge in [-0.1, -0.05) is 50.2 Å². The van der Waals surface area contributed by atoms with Gasteiger partial charge in [0.25, 0.3) is 0 Å². The number of nitrogens with one attached hydrogen (secondary N) is 2. The fourth-order valence-electron chi connectivity index (χ4n) is 4.11. The second kappa shape index (κ2) is 14.0. The molecule has 0 fully saturated rings. The van der Waals surface area contributed by atoms with Crippen molar-refractivity contribution < 1.29 is 23.1 Å². The van der Waals surface area contributed by atoms with E-state index in [1.807, 2.05) is 44.2 Å². The van der Waals surface area contributed by atoms with Crippen LogP contribution in [-0.2, 0) is 21.2 Å². The number of sulfonamides is 1. The molecule has 0 saturated heterocycles. The molecule has 2 rings (SSSR count). The first-order valence-corrected chi connectivity index (χ1v) is 13.7. The fourth-order valence-corrected chi connectivity index (χ4v) is 5.80. The highest BCUT2D eigenvalue weighted by Gasteiger charge is 2.34. The van der Waals surface area contributed by atoms with E-state index in [2.05, 4.69) is 16.7 Å². The number of hydrogen-bond donors (Lipinski definition) is 3. The lowest BCUT2D eigenvalue weighted by molar-refractivity contribution is 0.0876. The van der Waals surface area contributed by atoms with E-state index >= 15 is 0 Å². The van der Waals surface area contributed by atoms with Gasteiger partial charge in [0, 0.05) is 32.2 Å². The third kappa shape index (κ3) is 9.35. The molecular formula is C27H38N4O5S. The molecule has 3 N–H and O–H groups in total. The van der Waals surface area contributed by atoms with E-state index in [1.54, 1.807) is 25.2 Å². The molecule has 1 unspecified atom stereocenters. The summed E-state index contributed by atoms with van der Waals surface area (Å²) in [5.74, 6) is 0. The van der Waals surface area contributed by atoms with Crippen molar-refractivity contribution in [2.45, 2.75) is 56.6 Å². The molecule has 2 aromatic carbocycles. The molecular weight excluding hydrogens is 492 g/mol. The molecule has 0 aliphatic heterocycles. The molecule has 10 heteroatoms. The van der Waals surface area contributed by atoms with Crippen molar-refractivity contribution in [3.05, 3.63) is 60.2 Å². The Morgan fingerprint density at radius 2 is 1.89 bits per heavy atom. The van der Waals surface area contributed by atoms with Gasteiger partial charge in [0.2, 0.25) is 10.0 Å². The summed E-state index contributed by atoms with van der Waals surface area (Å²) in [5, 5.41) is 25.8. The predicted molar refractivity (Wildman–Crippen MR) is 143 cm³/mol. The predicted octanol–water partition coefficient (Wildman–Crippen LogP) is 3.77. The lowest BCUT2D eigenvalue weighted by Gasteiger charge is -2.35. The third-order valence-corrected chi connectivity index (χ3v) is 7.96. The molecule has 0 aromatic heterocycles. The number of nitrogens with zero attached hydrogens (tertiary/aromatic N) is 2. The Labute approximate surface area is 220 Å². The highest BCUT2D eigenvalue weighted by atomic mass is 32.2. The normalized spacial score (nSPS) is 13.4. The van der Waals surface area contributed by atoms with E-state index < -0.39 is 33.7 Å². The Bertz CT molecular complexity index is 1150. The summed E-state index contributed by atoms with van der Waals surface area (Å²) in [5.41, 5.74) is 1.05. The number of nitriles is 1. The number of hydrogen-bond acceptors (Lipinski definition) is 7. The van der Waals surface area contributed by atoms with E-state index in [-0.39, 0.29) is 24.4 Å². The number of alkyl carbamates (subject to hydrolysis) is 1. The summed E-state index contributed by atoms with van der Waals surface area (Å²) < 4.78 is 33.7. The number of carbonyl (C=O) groups is 1. The van der Waals surface area contributed by atoms with Gasteiger partial charge in [-0.05, 0) is 48.4 Å². The number of carbonyl (C=O) groups excluding carboxylic acids is 1. The topological polar surface area (TPSA) is 132 Å². The number of aliphatic hydroxyl groups is 1. The Morgan fingerprint density at radius 3 is 2.51 bits per heavy atom. The van der Waals surface area contributed by atoms with Crippen molar-refractivity contribution in [1.82, 2.24) is 9.62 Å². The molecule has 202 valence electrons. The fraction of sp³-hybridized carbons (Fsp3) is 0.481. The van der Waals surface area contributed by atoms with E-state index in [9.17, 15) is 18.3 Å². The van der Waals surface area contributed by atoms with Gasteiger partial charge in [-0.3, -0.25) is 0 Å². The van der Waals surface area contributed by atoms with Crippen molar-refractivity contribution >= 4 is 21.8 Å². The average Bonchev–Trinajstić information content (AvgIpc) is 2.88. The van der Waals surface area contributed by atoms with Gasteiger partial charge >= 0.3 is 6.09 Å². The molecule has 0 aliphatic carbocycles. The van der Waals surface area contributed by atoms with Crippen molar-refractivity contribution in [2.24, 2.45) is 5.41 Å². The van der Waals surface area contributed by atoms with Gasteiger partial charge in [0.05, 0.1) is 30.2 Å². The van der Waals surface area contributed by atoms with Crippen LogP contribution < -0.4 is 10.6 Å². The molecule has 2 atom stereocenters. The summed E-state index contributed by atoms with van der Waals surface area (Å²) >= 11 is 0. The third-order valence-electron chi connectivity index (χ3n) is 6.15. The van der Waals surface area contributed by atoms with Crippen LogP contribution in [0.3, 0.4) is 0 Å². The minimum atomic E-state index is -4.01. The Kier molecular flexibility index (Phi) is 11.4. The monoisotopic (exact) mass is 530 g/mol. The quantitative estimate of drug-likeness (QED) is 0.317. The van der Waals surface area contributed by atoms with Crippen LogP contribution in [0.4, 0.5) is 10.5 Å². The number of amides is 1. The lowest BCUT2D eigenvalue weighted by Crippen LogP contribution is -2.51. The van der Waals surface area contributed by atoms with E-state index in [0.29, 0.717) is 24.9 Å². The summed E-state index contributed by atoms with van der Waals surface area (Å²) in [7, 11) is -1.07. The first kappa shape index (κ1) is 30.1. The molecule has 0 bridgehead atoms. The number of aliphatic hydroxyl groups excluding tert-OH is 1.